The van der Waals surface area contributed by atoms with Crippen LogP contribution >= 0.6 is 15.9 Å². The first-order chi connectivity index (χ1) is 13.6. The highest BCUT2D eigenvalue weighted by molar-refractivity contribution is 9.10. The molecular formula is C19H25BrN6O2. The van der Waals surface area contributed by atoms with Crippen molar-refractivity contribution in [1.29, 1.82) is 0 Å². The number of aliphatic imine (C=N–C) groups is 1. The van der Waals surface area contributed by atoms with Gasteiger partial charge in [-0.15, -0.1) is 0 Å². The number of rotatable bonds is 5. The predicted molar refractivity (Wildman–Crippen MR) is 113 cm³/mol. The highest BCUT2D eigenvalue weighted by Crippen LogP contribution is 2.24. The van der Waals surface area contributed by atoms with E-state index in [1.165, 1.54) is 0 Å². The molecule has 3 rings (SSSR count). The molecule has 0 amide bonds. The number of anilines is 1. The van der Waals surface area contributed by atoms with Crippen LogP contribution < -0.4 is 15.0 Å². The molecule has 2 N–H and O–H groups in total. The molecule has 0 spiro atoms. The van der Waals surface area contributed by atoms with Gasteiger partial charge in [0.25, 0.3) is 0 Å². The zero-order valence-electron chi connectivity index (χ0n) is 16.1. The second kappa shape index (κ2) is 9.59. The van der Waals surface area contributed by atoms with Crippen LogP contribution in [0.15, 0.2) is 39.9 Å². The van der Waals surface area contributed by atoms with Crippen LogP contribution in [0.3, 0.4) is 0 Å². The Morgan fingerprint density at radius 2 is 2.11 bits per heavy atom. The highest BCUT2D eigenvalue weighted by atomic mass is 79.9. The van der Waals surface area contributed by atoms with E-state index < -0.39 is 0 Å². The molecule has 0 atom stereocenters. The lowest BCUT2D eigenvalue weighted by Crippen LogP contribution is -2.53. The molecule has 0 bridgehead atoms. The van der Waals surface area contributed by atoms with Gasteiger partial charge in [0, 0.05) is 32.7 Å². The molecule has 2 heterocycles. The Hall–Kier alpha value is -2.55. The van der Waals surface area contributed by atoms with Crippen molar-refractivity contribution in [2.75, 3.05) is 44.7 Å². The number of guanidine groups is 1. The molecule has 9 heteroatoms. The summed E-state index contributed by atoms with van der Waals surface area (Å²) in [6, 6.07) is 7.20. The number of phenols is 1. The van der Waals surface area contributed by atoms with Gasteiger partial charge in [-0.3, -0.25) is 0 Å². The van der Waals surface area contributed by atoms with Crippen molar-refractivity contribution in [3.8, 4) is 11.6 Å². The number of halogens is 1. The number of nitrogens with zero attached hydrogens (tertiary/aromatic N) is 5. The lowest BCUT2D eigenvalue weighted by Gasteiger charge is -2.36. The normalized spacial score (nSPS) is 14.9. The molecule has 1 aliphatic heterocycles. The number of hydrogen-bond donors (Lipinski definition) is 2. The van der Waals surface area contributed by atoms with E-state index in [9.17, 15) is 5.11 Å². The van der Waals surface area contributed by atoms with Crippen molar-refractivity contribution in [3.63, 3.8) is 0 Å². The first-order valence-corrected chi connectivity index (χ1v) is 10.0. The second-order valence-corrected chi connectivity index (χ2v) is 7.20. The molecule has 1 saturated heterocycles. The summed E-state index contributed by atoms with van der Waals surface area (Å²) in [5.41, 5.74) is 0.976. The van der Waals surface area contributed by atoms with Crippen molar-refractivity contribution in [2.45, 2.75) is 13.5 Å². The summed E-state index contributed by atoms with van der Waals surface area (Å²) >= 11 is 3.38. The van der Waals surface area contributed by atoms with Crippen LogP contribution in [-0.2, 0) is 6.54 Å². The molecule has 1 aromatic carbocycles. The van der Waals surface area contributed by atoms with Crippen molar-refractivity contribution in [1.82, 2.24) is 20.2 Å². The fourth-order valence-corrected chi connectivity index (χ4v) is 3.36. The first kappa shape index (κ1) is 20.2. The Morgan fingerprint density at radius 1 is 1.32 bits per heavy atom. The molecule has 2 aromatic rings. The van der Waals surface area contributed by atoms with Gasteiger partial charge in [-0.2, -0.15) is 4.98 Å². The van der Waals surface area contributed by atoms with Crippen LogP contribution in [0.2, 0.25) is 0 Å². The van der Waals surface area contributed by atoms with Crippen molar-refractivity contribution < 1.29 is 9.84 Å². The molecule has 0 unspecified atom stereocenters. The van der Waals surface area contributed by atoms with Crippen LogP contribution in [0.5, 0.6) is 11.6 Å². The topological polar surface area (TPSA) is 86.1 Å². The second-order valence-electron chi connectivity index (χ2n) is 6.34. The monoisotopic (exact) mass is 448 g/mol. The Bertz CT molecular complexity index is 824. The van der Waals surface area contributed by atoms with E-state index >= 15 is 0 Å². The summed E-state index contributed by atoms with van der Waals surface area (Å²) in [7, 11) is 1.60. The molecular weight excluding hydrogens is 424 g/mol. The molecule has 0 aliphatic carbocycles. The number of phenolic OH excluding ortho intramolecular Hbond substituents is 1. The smallest absolute Gasteiger partial charge is 0.232 e. The Balaban J connectivity index is 1.64. The summed E-state index contributed by atoms with van der Waals surface area (Å²) in [4.78, 5) is 18.0. The average Bonchev–Trinajstić information content (AvgIpc) is 2.72. The van der Waals surface area contributed by atoms with Gasteiger partial charge in [-0.05, 0) is 40.5 Å². The van der Waals surface area contributed by atoms with Crippen LogP contribution in [0, 0.1) is 0 Å². The fraction of sp³-hybridized carbons (Fsp3) is 0.421. The van der Waals surface area contributed by atoms with Gasteiger partial charge in [0.1, 0.15) is 5.75 Å². The third-order valence-corrected chi connectivity index (χ3v) is 4.96. The van der Waals surface area contributed by atoms with Gasteiger partial charge < -0.3 is 25.0 Å². The van der Waals surface area contributed by atoms with E-state index in [4.69, 9.17) is 9.73 Å². The lowest BCUT2D eigenvalue weighted by atomic mass is 10.2. The Labute approximate surface area is 173 Å². The number of hydrogen-bond acceptors (Lipinski definition) is 6. The molecule has 1 fully saturated rings. The van der Waals surface area contributed by atoms with Gasteiger partial charge in [0.05, 0.1) is 24.3 Å². The summed E-state index contributed by atoms with van der Waals surface area (Å²) in [5, 5.41) is 13.0. The third kappa shape index (κ3) is 5.03. The molecule has 1 aromatic heterocycles. The molecule has 0 saturated carbocycles. The van der Waals surface area contributed by atoms with Crippen molar-refractivity contribution in [3.05, 3.63) is 40.5 Å². The van der Waals surface area contributed by atoms with Gasteiger partial charge in [0.2, 0.25) is 11.8 Å². The number of ether oxygens (including phenoxy) is 1. The van der Waals surface area contributed by atoms with Gasteiger partial charge in [-0.25, -0.2) is 9.98 Å². The zero-order chi connectivity index (χ0) is 19.9. The van der Waals surface area contributed by atoms with Crippen LogP contribution in [0.25, 0.3) is 0 Å². The largest absolute Gasteiger partial charge is 0.508 e. The molecule has 150 valence electrons. The standard InChI is InChI=1S/C19H25BrN6O2/c1-3-21-18(22-12-14-5-4-6-15(27)11-14)25-7-9-26(10-8-25)19-23-13-16(20)17(24-19)28-2/h4-6,11,13,27H,3,7-10,12H2,1-2H3,(H,21,22). The minimum absolute atomic E-state index is 0.260. The summed E-state index contributed by atoms with van der Waals surface area (Å²) < 4.78 is 6.01. The van der Waals surface area contributed by atoms with Gasteiger partial charge in [-0.1, -0.05) is 12.1 Å². The zero-order valence-corrected chi connectivity index (χ0v) is 17.7. The first-order valence-electron chi connectivity index (χ1n) is 9.23. The van der Waals surface area contributed by atoms with Crippen LogP contribution in [0.1, 0.15) is 12.5 Å². The van der Waals surface area contributed by atoms with Crippen molar-refractivity contribution >= 4 is 27.8 Å². The number of aromatic nitrogens is 2. The number of piperazine rings is 1. The minimum Gasteiger partial charge on any atom is -0.508 e. The van der Waals surface area contributed by atoms with E-state index in [-0.39, 0.29) is 5.75 Å². The maximum atomic E-state index is 9.62. The molecule has 8 nitrogen and oxygen atoms in total. The number of methoxy groups -OCH3 is 1. The van der Waals surface area contributed by atoms with Gasteiger partial charge >= 0.3 is 0 Å². The van der Waals surface area contributed by atoms with Crippen molar-refractivity contribution in [2.24, 2.45) is 4.99 Å². The van der Waals surface area contributed by atoms with Gasteiger partial charge in [0.15, 0.2) is 5.96 Å². The molecule has 1 aliphatic rings. The third-order valence-electron chi connectivity index (χ3n) is 4.41. The van der Waals surface area contributed by atoms with E-state index in [1.54, 1.807) is 25.4 Å². The maximum Gasteiger partial charge on any atom is 0.232 e. The number of aromatic hydroxyl groups is 1. The Kier molecular flexibility index (Phi) is 6.91. The van der Waals surface area contributed by atoms with E-state index in [1.807, 2.05) is 12.1 Å². The summed E-state index contributed by atoms with van der Waals surface area (Å²) in [6.45, 7) is 6.59. The van der Waals surface area contributed by atoms with E-state index in [0.717, 1.165) is 48.7 Å². The maximum absolute atomic E-state index is 9.62. The summed E-state index contributed by atoms with van der Waals surface area (Å²) in [6.07, 6.45) is 1.72. The quantitative estimate of drug-likeness (QED) is 0.535. The molecule has 28 heavy (non-hydrogen) atoms. The average molecular weight is 449 g/mol. The predicted octanol–water partition coefficient (Wildman–Crippen LogP) is 2.24. The fourth-order valence-electron chi connectivity index (χ4n) is 3.00. The van der Waals surface area contributed by atoms with E-state index in [0.29, 0.717) is 18.4 Å². The summed E-state index contributed by atoms with van der Waals surface area (Å²) in [5.74, 6) is 2.34. The number of benzene rings is 1. The number of nitrogens with one attached hydrogen (secondary N) is 1. The van der Waals surface area contributed by atoms with E-state index in [2.05, 4.69) is 47.9 Å². The van der Waals surface area contributed by atoms with Crippen LogP contribution in [0.4, 0.5) is 5.95 Å². The highest BCUT2D eigenvalue weighted by Gasteiger charge is 2.22. The SMILES string of the molecule is CCNC(=NCc1cccc(O)c1)N1CCN(c2ncc(Br)c(OC)n2)CC1. The molecule has 0 radical (unpaired) electrons. The lowest BCUT2D eigenvalue weighted by molar-refractivity contribution is 0.366. The minimum atomic E-state index is 0.260. The van der Waals surface area contributed by atoms with Crippen LogP contribution in [-0.4, -0.2) is 65.8 Å². The Morgan fingerprint density at radius 3 is 2.79 bits per heavy atom.